The summed E-state index contributed by atoms with van der Waals surface area (Å²) in [5, 5.41) is 3.29. The monoisotopic (exact) mass is 517 g/mol. The molecule has 1 aliphatic heterocycles. The quantitative estimate of drug-likeness (QED) is 0.250. The Morgan fingerprint density at radius 1 is 1.11 bits per heavy atom. The third-order valence-electron chi connectivity index (χ3n) is 7.40. The van der Waals surface area contributed by atoms with Crippen molar-refractivity contribution in [1.82, 2.24) is 9.55 Å². The standard InChI is InChI=1S/C32H43N3O3/c1-6-7-8-9-10-12-25(26-13-11-14-29-31(26)38-22-37-29)20-30(36)34-28-19-24(15-16-27(28)32(3,4)5)21-35-18-17-33-23(35)2/h11,13-19,25H,6-10,12,20-22H2,1-5H3,(H,34,36). The number of para-hydroxylation sites is 1. The fourth-order valence-electron chi connectivity index (χ4n) is 5.28. The number of anilines is 1. The van der Waals surface area contributed by atoms with Crippen molar-refractivity contribution in [3.8, 4) is 11.5 Å². The molecule has 0 bridgehead atoms. The Morgan fingerprint density at radius 2 is 1.92 bits per heavy atom. The van der Waals surface area contributed by atoms with Crippen molar-refractivity contribution in [3.63, 3.8) is 0 Å². The van der Waals surface area contributed by atoms with Gasteiger partial charge >= 0.3 is 0 Å². The number of nitrogens with zero attached hydrogens (tertiary/aromatic N) is 2. The van der Waals surface area contributed by atoms with E-state index in [0.29, 0.717) is 13.0 Å². The van der Waals surface area contributed by atoms with Crippen LogP contribution in [0.2, 0.25) is 0 Å². The van der Waals surface area contributed by atoms with Crippen LogP contribution in [0.3, 0.4) is 0 Å². The number of benzene rings is 2. The zero-order valence-electron chi connectivity index (χ0n) is 23.7. The van der Waals surface area contributed by atoms with Gasteiger partial charge in [-0.2, -0.15) is 0 Å². The molecule has 2 aromatic carbocycles. The number of nitrogens with one attached hydrogen (secondary N) is 1. The molecule has 0 aliphatic carbocycles. The van der Waals surface area contributed by atoms with Gasteiger partial charge < -0.3 is 19.4 Å². The summed E-state index contributed by atoms with van der Waals surface area (Å²) >= 11 is 0. The third-order valence-corrected chi connectivity index (χ3v) is 7.40. The van der Waals surface area contributed by atoms with Crippen molar-refractivity contribution < 1.29 is 14.3 Å². The van der Waals surface area contributed by atoms with Crippen LogP contribution in [0.15, 0.2) is 48.8 Å². The molecule has 1 N–H and O–H groups in total. The number of hydrogen-bond donors (Lipinski definition) is 1. The molecule has 1 amide bonds. The van der Waals surface area contributed by atoms with Crippen LogP contribution >= 0.6 is 0 Å². The van der Waals surface area contributed by atoms with Gasteiger partial charge in [0.1, 0.15) is 5.82 Å². The number of amides is 1. The molecule has 38 heavy (non-hydrogen) atoms. The molecule has 4 rings (SSSR count). The van der Waals surface area contributed by atoms with E-state index in [0.717, 1.165) is 52.5 Å². The highest BCUT2D eigenvalue weighted by atomic mass is 16.7. The number of imidazole rings is 1. The van der Waals surface area contributed by atoms with Crippen LogP contribution in [-0.4, -0.2) is 22.3 Å². The van der Waals surface area contributed by atoms with Gasteiger partial charge in [-0.25, -0.2) is 4.98 Å². The number of carbonyl (C=O) groups is 1. The maximum Gasteiger partial charge on any atom is 0.231 e. The van der Waals surface area contributed by atoms with Gasteiger partial charge in [0, 0.05) is 36.6 Å². The van der Waals surface area contributed by atoms with Crippen molar-refractivity contribution >= 4 is 11.6 Å². The molecule has 6 nitrogen and oxygen atoms in total. The van der Waals surface area contributed by atoms with Crippen molar-refractivity contribution in [2.75, 3.05) is 12.1 Å². The minimum Gasteiger partial charge on any atom is -0.454 e. The third kappa shape index (κ3) is 6.97. The van der Waals surface area contributed by atoms with Gasteiger partial charge in [0.15, 0.2) is 11.5 Å². The first-order valence-corrected chi connectivity index (χ1v) is 14.1. The topological polar surface area (TPSA) is 65.4 Å². The number of rotatable bonds is 12. The number of hydrogen-bond acceptors (Lipinski definition) is 4. The van der Waals surface area contributed by atoms with Gasteiger partial charge in [-0.15, -0.1) is 0 Å². The molecule has 0 radical (unpaired) electrons. The largest absolute Gasteiger partial charge is 0.454 e. The van der Waals surface area contributed by atoms with Gasteiger partial charge in [-0.1, -0.05) is 84.1 Å². The Hall–Kier alpha value is -3.28. The van der Waals surface area contributed by atoms with Crippen LogP contribution in [0.25, 0.3) is 0 Å². The normalized spacial score (nSPS) is 13.5. The maximum absolute atomic E-state index is 13.6. The summed E-state index contributed by atoms with van der Waals surface area (Å²) in [5.74, 6) is 2.65. The van der Waals surface area contributed by atoms with Gasteiger partial charge in [0.05, 0.1) is 0 Å². The fourth-order valence-corrected chi connectivity index (χ4v) is 5.28. The predicted molar refractivity (Wildman–Crippen MR) is 153 cm³/mol. The predicted octanol–water partition coefficient (Wildman–Crippen LogP) is 7.74. The highest BCUT2D eigenvalue weighted by Crippen LogP contribution is 2.42. The lowest BCUT2D eigenvalue weighted by Gasteiger charge is -2.25. The van der Waals surface area contributed by atoms with Crippen molar-refractivity contribution in [3.05, 3.63) is 71.3 Å². The van der Waals surface area contributed by atoms with Crippen LogP contribution in [0.1, 0.15) is 101 Å². The number of carbonyl (C=O) groups excluding carboxylic acids is 1. The highest BCUT2D eigenvalue weighted by Gasteiger charge is 2.26. The van der Waals surface area contributed by atoms with E-state index >= 15 is 0 Å². The van der Waals surface area contributed by atoms with E-state index in [2.05, 4.69) is 66.8 Å². The van der Waals surface area contributed by atoms with Crippen molar-refractivity contribution in [1.29, 1.82) is 0 Å². The van der Waals surface area contributed by atoms with E-state index in [1.165, 1.54) is 25.7 Å². The molecule has 1 aliphatic rings. The lowest BCUT2D eigenvalue weighted by Crippen LogP contribution is -2.21. The summed E-state index contributed by atoms with van der Waals surface area (Å²) in [7, 11) is 0. The van der Waals surface area contributed by atoms with E-state index in [1.807, 2.05) is 31.5 Å². The van der Waals surface area contributed by atoms with Crippen LogP contribution < -0.4 is 14.8 Å². The summed E-state index contributed by atoms with van der Waals surface area (Å²) in [4.78, 5) is 17.9. The lowest BCUT2D eigenvalue weighted by molar-refractivity contribution is -0.116. The van der Waals surface area contributed by atoms with Crippen LogP contribution in [0.5, 0.6) is 11.5 Å². The minimum absolute atomic E-state index is 0.0292. The molecule has 0 spiro atoms. The summed E-state index contributed by atoms with van der Waals surface area (Å²) < 4.78 is 13.6. The summed E-state index contributed by atoms with van der Waals surface area (Å²) in [5.41, 5.74) is 4.12. The van der Waals surface area contributed by atoms with Crippen LogP contribution in [0.4, 0.5) is 5.69 Å². The Bertz CT molecular complexity index is 1220. The lowest BCUT2D eigenvalue weighted by atomic mass is 9.84. The zero-order chi connectivity index (χ0) is 27.1. The molecule has 3 aromatic rings. The molecule has 1 atom stereocenters. The van der Waals surface area contributed by atoms with Gasteiger partial charge in [-0.3, -0.25) is 4.79 Å². The zero-order valence-corrected chi connectivity index (χ0v) is 23.7. The Labute approximate surface area is 227 Å². The number of aromatic nitrogens is 2. The molecule has 2 heterocycles. The SMILES string of the molecule is CCCCCCCC(CC(=O)Nc1cc(Cn2ccnc2C)ccc1C(C)(C)C)c1cccc2c1OCO2. The molecule has 204 valence electrons. The minimum atomic E-state index is -0.101. The first-order valence-electron chi connectivity index (χ1n) is 14.1. The van der Waals surface area contributed by atoms with E-state index in [1.54, 1.807) is 0 Å². The molecule has 6 heteroatoms. The molecule has 0 fully saturated rings. The van der Waals surface area contributed by atoms with E-state index in [9.17, 15) is 4.79 Å². The molecular weight excluding hydrogens is 474 g/mol. The summed E-state index contributed by atoms with van der Waals surface area (Å²) in [6, 6.07) is 12.5. The van der Waals surface area contributed by atoms with Crippen molar-refractivity contribution in [2.45, 2.75) is 97.4 Å². The Morgan fingerprint density at radius 3 is 2.66 bits per heavy atom. The molecule has 1 aromatic heterocycles. The molecule has 0 saturated heterocycles. The first-order chi connectivity index (χ1) is 18.3. The second-order valence-corrected chi connectivity index (χ2v) is 11.5. The first kappa shape index (κ1) is 27.7. The van der Waals surface area contributed by atoms with Crippen LogP contribution in [-0.2, 0) is 16.8 Å². The van der Waals surface area contributed by atoms with E-state index in [-0.39, 0.29) is 24.0 Å². The van der Waals surface area contributed by atoms with E-state index in [4.69, 9.17) is 9.47 Å². The average Bonchev–Trinajstić information content (AvgIpc) is 3.51. The van der Waals surface area contributed by atoms with Crippen molar-refractivity contribution in [2.24, 2.45) is 0 Å². The van der Waals surface area contributed by atoms with Gasteiger partial charge in [0.2, 0.25) is 12.7 Å². The number of aryl methyl sites for hydroxylation is 1. The molecule has 1 unspecified atom stereocenters. The fraction of sp³-hybridized carbons (Fsp3) is 0.500. The summed E-state index contributed by atoms with van der Waals surface area (Å²) in [6.07, 6.45) is 11.1. The second-order valence-electron chi connectivity index (χ2n) is 11.5. The second kappa shape index (κ2) is 12.5. The Balaban J connectivity index is 1.54. The average molecular weight is 518 g/mol. The van der Waals surface area contributed by atoms with Gasteiger partial charge in [-0.05, 0) is 47.9 Å². The molecular formula is C32H43N3O3. The number of ether oxygens (including phenoxy) is 2. The smallest absolute Gasteiger partial charge is 0.231 e. The molecule has 0 saturated carbocycles. The number of fused-ring (bicyclic) bond motifs is 1. The summed E-state index contributed by atoms with van der Waals surface area (Å²) in [6.45, 7) is 11.7. The Kier molecular flexibility index (Phi) is 9.13. The van der Waals surface area contributed by atoms with Crippen LogP contribution in [0, 0.1) is 6.92 Å². The maximum atomic E-state index is 13.6. The number of unbranched alkanes of at least 4 members (excludes halogenated alkanes) is 4. The van der Waals surface area contributed by atoms with Gasteiger partial charge in [0.25, 0.3) is 0 Å². The highest BCUT2D eigenvalue weighted by molar-refractivity contribution is 5.92. The van der Waals surface area contributed by atoms with E-state index < -0.39 is 0 Å².